The number of hydrogen-bond acceptors (Lipinski definition) is 3. The molecule has 0 saturated carbocycles. The molecule has 4 nitrogen and oxygen atoms in total. The zero-order valence-electron chi connectivity index (χ0n) is 8.08. The van der Waals surface area contributed by atoms with E-state index in [2.05, 4.69) is 12.0 Å². The van der Waals surface area contributed by atoms with Crippen LogP contribution in [-0.2, 0) is 17.2 Å². The zero-order valence-corrected chi connectivity index (χ0v) is 8.08. The standard InChI is InChI=1S/C9H15N3O/c1-9(3-4-13-6-9)7-5-8(10)12(2)11-7/h5H,3-4,6,10H2,1-2H3. The number of nitrogen functional groups attached to an aromatic ring is 1. The van der Waals surface area contributed by atoms with E-state index in [4.69, 9.17) is 10.5 Å². The monoisotopic (exact) mass is 181 g/mol. The molecule has 4 heteroatoms. The molecular formula is C9H15N3O. The number of aryl methyl sites for hydroxylation is 1. The van der Waals surface area contributed by atoms with Crippen molar-refractivity contribution in [1.82, 2.24) is 9.78 Å². The highest BCUT2D eigenvalue weighted by molar-refractivity contribution is 5.34. The summed E-state index contributed by atoms with van der Waals surface area (Å²) in [5, 5.41) is 4.38. The average molecular weight is 181 g/mol. The summed E-state index contributed by atoms with van der Waals surface area (Å²) < 4.78 is 7.08. The summed E-state index contributed by atoms with van der Waals surface area (Å²) in [5.41, 5.74) is 6.84. The van der Waals surface area contributed by atoms with E-state index in [1.807, 2.05) is 13.1 Å². The highest BCUT2D eigenvalue weighted by atomic mass is 16.5. The van der Waals surface area contributed by atoms with Gasteiger partial charge in [0.1, 0.15) is 5.82 Å². The van der Waals surface area contributed by atoms with Crippen LogP contribution in [0.4, 0.5) is 5.82 Å². The van der Waals surface area contributed by atoms with Gasteiger partial charge < -0.3 is 10.5 Å². The largest absolute Gasteiger partial charge is 0.384 e. The number of anilines is 1. The molecule has 0 aromatic carbocycles. The van der Waals surface area contributed by atoms with Gasteiger partial charge in [-0.05, 0) is 6.42 Å². The summed E-state index contributed by atoms with van der Waals surface area (Å²) in [6.07, 6.45) is 1.03. The van der Waals surface area contributed by atoms with Gasteiger partial charge in [0, 0.05) is 25.1 Å². The van der Waals surface area contributed by atoms with Crippen molar-refractivity contribution >= 4 is 5.82 Å². The molecule has 1 fully saturated rings. The molecule has 2 heterocycles. The lowest BCUT2D eigenvalue weighted by molar-refractivity contribution is 0.180. The van der Waals surface area contributed by atoms with E-state index in [1.165, 1.54) is 0 Å². The molecule has 1 aliphatic rings. The molecule has 2 rings (SSSR count). The molecule has 1 aromatic rings. The van der Waals surface area contributed by atoms with Crippen LogP contribution in [0.3, 0.4) is 0 Å². The highest BCUT2D eigenvalue weighted by Gasteiger charge is 2.34. The van der Waals surface area contributed by atoms with Crippen molar-refractivity contribution in [2.24, 2.45) is 7.05 Å². The topological polar surface area (TPSA) is 53.1 Å². The van der Waals surface area contributed by atoms with Gasteiger partial charge >= 0.3 is 0 Å². The average Bonchev–Trinajstić information content (AvgIpc) is 2.62. The van der Waals surface area contributed by atoms with Crippen LogP contribution in [0.1, 0.15) is 19.0 Å². The number of rotatable bonds is 1. The normalized spacial score (nSPS) is 28.2. The first-order valence-electron chi connectivity index (χ1n) is 4.49. The van der Waals surface area contributed by atoms with Crippen molar-refractivity contribution in [1.29, 1.82) is 0 Å². The molecular weight excluding hydrogens is 166 g/mol. The molecule has 1 aliphatic heterocycles. The molecule has 13 heavy (non-hydrogen) atoms. The minimum absolute atomic E-state index is 0.0649. The Labute approximate surface area is 77.7 Å². The predicted molar refractivity (Wildman–Crippen MR) is 50.4 cm³/mol. The number of nitrogens with zero attached hydrogens (tertiary/aromatic N) is 2. The van der Waals surface area contributed by atoms with Crippen molar-refractivity contribution in [2.45, 2.75) is 18.8 Å². The molecule has 0 spiro atoms. The fourth-order valence-corrected chi connectivity index (χ4v) is 1.65. The summed E-state index contributed by atoms with van der Waals surface area (Å²) in [4.78, 5) is 0. The smallest absolute Gasteiger partial charge is 0.121 e. The van der Waals surface area contributed by atoms with Crippen LogP contribution in [0.5, 0.6) is 0 Å². The van der Waals surface area contributed by atoms with E-state index >= 15 is 0 Å². The van der Waals surface area contributed by atoms with E-state index < -0.39 is 0 Å². The van der Waals surface area contributed by atoms with E-state index in [0.29, 0.717) is 5.82 Å². The Kier molecular flexibility index (Phi) is 1.80. The van der Waals surface area contributed by atoms with Crippen LogP contribution in [0.15, 0.2) is 6.07 Å². The molecule has 1 unspecified atom stereocenters. The molecule has 0 aliphatic carbocycles. The third-order valence-electron chi connectivity index (χ3n) is 2.75. The fraction of sp³-hybridized carbons (Fsp3) is 0.667. The fourth-order valence-electron chi connectivity index (χ4n) is 1.65. The second-order valence-electron chi connectivity index (χ2n) is 3.94. The Balaban J connectivity index is 2.34. The molecule has 0 amide bonds. The predicted octanol–water partition coefficient (Wildman–Crippen LogP) is 0.680. The molecule has 0 bridgehead atoms. The van der Waals surface area contributed by atoms with Gasteiger partial charge in [0.2, 0.25) is 0 Å². The summed E-state index contributed by atoms with van der Waals surface area (Å²) in [5.74, 6) is 0.711. The first kappa shape index (κ1) is 8.56. The Morgan fingerprint density at radius 2 is 2.46 bits per heavy atom. The Morgan fingerprint density at radius 3 is 2.92 bits per heavy atom. The Bertz CT molecular complexity index is 293. The number of ether oxygens (including phenoxy) is 1. The van der Waals surface area contributed by atoms with Gasteiger partial charge in [-0.3, -0.25) is 4.68 Å². The Morgan fingerprint density at radius 1 is 1.69 bits per heavy atom. The van der Waals surface area contributed by atoms with E-state index in [1.54, 1.807) is 4.68 Å². The zero-order chi connectivity index (χ0) is 9.47. The first-order chi connectivity index (χ1) is 6.12. The maximum Gasteiger partial charge on any atom is 0.121 e. The molecule has 72 valence electrons. The van der Waals surface area contributed by atoms with Gasteiger partial charge in [-0.1, -0.05) is 6.92 Å². The second kappa shape index (κ2) is 2.73. The lowest BCUT2D eigenvalue weighted by Crippen LogP contribution is -2.22. The SMILES string of the molecule is Cn1nc(C2(C)CCOC2)cc1N. The first-order valence-corrected chi connectivity index (χ1v) is 4.49. The van der Waals surface area contributed by atoms with E-state index in [-0.39, 0.29) is 5.41 Å². The molecule has 1 atom stereocenters. The van der Waals surface area contributed by atoms with Crippen molar-refractivity contribution in [3.63, 3.8) is 0 Å². The molecule has 1 saturated heterocycles. The van der Waals surface area contributed by atoms with E-state index in [0.717, 1.165) is 25.3 Å². The molecule has 2 N–H and O–H groups in total. The lowest BCUT2D eigenvalue weighted by Gasteiger charge is -2.17. The van der Waals surface area contributed by atoms with Gasteiger partial charge in [0.05, 0.1) is 12.3 Å². The van der Waals surface area contributed by atoms with Crippen molar-refractivity contribution in [3.8, 4) is 0 Å². The van der Waals surface area contributed by atoms with Crippen LogP contribution < -0.4 is 5.73 Å². The molecule has 1 aromatic heterocycles. The minimum atomic E-state index is 0.0649. The number of nitrogens with two attached hydrogens (primary N) is 1. The van der Waals surface area contributed by atoms with Gasteiger partial charge in [0.15, 0.2) is 0 Å². The van der Waals surface area contributed by atoms with Gasteiger partial charge in [-0.15, -0.1) is 0 Å². The van der Waals surface area contributed by atoms with Gasteiger partial charge in [-0.25, -0.2) is 0 Å². The van der Waals surface area contributed by atoms with Gasteiger partial charge in [-0.2, -0.15) is 5.10 Å². The number of aromatic nitrogens is 2. The van der Waals surface area contributed by atoms with Crippen LogP contribution in [0.2, 0.25) is 0 Å². The quantitative estimate of drug-likeness (QED) is 0.693. The lowest BCUT2D eigenvalue weighted by atomic mass is 9.86. The summed E-state index contributed by atoms with van der Waals surface area (Å²) in [6, 6.07) is 1.94. The summed E-state index contributed by atoms with van der Waals surface area (Å²) >= 11 is 0. The Hall–Kier alpha value is -1.03. The summed E-state index contributed by atoms with van der Waals surface area (Å²) in [6.45, 7) is 3.75. The van der Waals surface area contributed by atoms with Crippen molar-refractivity contribution in [3.05, 3.63) is 11.8 Å². The van der Waals surface area contributed by atoms with Crippen LogP contribution in [-0.4, -0.2) is 23.0 Å². The second-order valence-corrected chi connectivity index (χ2v) is 3.94. The number of hydrogen-bond donors (Lipinski definition) is 1. The van der Waals surface area contributed by atoms with Crippen molar-refractivity contribution < 1.29 is 4.74 Å². The third kappa shape index (κ3) is 1.31. The summed E-state index contributed by atoms with van der Waals surface area (Å²) in [7, 11) is 1.86. The maximum absolute atomic E-state index is 5.73. The van der Waals surface area contributed by atoms with Crippen molar-refractivity contribution in [2.75, 3.05) is 18.9 Å². The molecule has 0 radical (unpaired) electrons. The maximum atomic E-state index is 5.73. The minimum Gasteiger partial charge on any atom is -0.384 e. The highest BCUT2D eigenvalue weighted by Crippen LogP contribution is 2.32. The third-order valence-corrected chi connectivity index (χ3v) is 2.75. The van der Waals surface area contributed by atoms with Crippen LogP contribution in [0.25, 0.3) is 0 Å². The van der Waals surface area contributed by atoms with Crippen LogP contribution in [0, 0.1) is 0 Å². The van der Waals surface area contributed by atoms with Gasteiger partial charge in [0.25, 0.3) is 0 Å². The van der Waals surface area contributed by atoms with E-state index in [9.17, 15) is 0 Å². The van der Waals surface area contributed by atoms with Crippen LogP contribution >= 0.6 is 0 Å².